The number of hydrogen-bond donors (Lipinski definition) is 0. The van der Waals surface area contributed by atoms with E-state index < -0.39 is 0 Å². The third-order valence-electron chi connectivity index (χ3n) is 4.08. The summed E-state index contributed by atoms with van der Waals surface area (Å²) in [5, 5.41) is 13.2. The lowest BCUT2D eigenvalue weighted by molar-refractivity contribution is -0.135. The second-order valence-corrected chi connectivity index (χ2v) is 5.53. The minimum Gasteiger partial charge on any atom is -0.335 e. The topological polar surface area (TPSA) is 79.7 Å². The van der Waals surface area contributed by atoms with Crippen molar-refractivity contribution >= 4 is 5.91 Å². The van der Waals surface area contributed by atoms with E-state index in [4.69, 9.17) is 5.26 Å². The molecule has 0 bridgehead atoms. The molecule has 1 aliphatic rings. The molecule has 0 saturated carbocycles. The van der Waals surface area contributed by atoms with Crippen molar-refractivity contribution in [3.8, 4) is 6.07 Å². The van der Waals surface area contributed by atoms with Crippen LogP contribution in [0.25, 0.3) is 0 Å². The van der Waals surface area contributed by atoms with Crippen LogP contribution in [-0.4, -0.2) is 36.7 Å². The Morgan fingerprint density at radius 3 is 2.95 bits per heavy atom. The van der Waals surface area contributed by atoms with Crippen molar-refractivity contribution in [2.75, 3.05) is 6.54 Å². The van der Waals surface area contributed by atoms with Crippen LogP contribution >= 0.6 is 0 Å². The van der Waals surface area contributed by atoms with Gasteiger partial charge in [0.15, 0.2) is 5.69 Å². The average molecular weight is 298 g/mol. The van der Waals surface area contributed by atoms with Gasteiger partial charge in [-0.25, -0.2) is 4.98 Å². The lowest BCUT2D eigenvalue weighted by atomic mass is 10.2. The normalized spacial score (nSPS) is 15.8. The zero-order valence-corrected chi connectivity index (χ0v) is 12.7. The van der Waals surface area contributed by atoms with Crippen LogP contribution < -0.4 is 0 Å². The summed E-state index contributed by atoms with van der Waals surface area (Å²) in [5.41, 5.74) is 1.32. The highest BCUT2D eigenvalue weighted by Gasteiger charge is 2.25. The Hall–Kier alpha value is -2.62. The van der Waals surface area contributed by atoms with Crippen molar-refractivity contribution in [2.24, 2.45) is 0 Å². The molecule has 114 valence electrons. The third kappa shape index (κ3) is 2.48. The molecule has 0 radical (unpaired) electrons. The van der Waals surface area contributed by atoms with Crippen molar-refractivity contribution in [2.45, 2.75) is 39.4 Å². The van der Waals surface area contributed by atoms with Gasteiger partial charge in [0.2, 0.25) is 5.91 Å². The summed E-state index contributed by atoms with van der Waals surface area (Å²) in [6.45, 7) is 5.70. The Morgan fingerprint density at radius 2 is 2.27 bits per heavy atom. The molecule has 2 aromatic rings. The van der Waals surface area contributed by atoms with E-state index in [0.717, 1.165) is 24.5 Å². The Balaban J connectivity index is 1.81. The number of hydrogen-bond acceptors (Lipinski definition) is 4. The highest BCUT2D eigenvalue weighted by Crippen LogP contribution is 2.18. The molecule has 0 saturated heterocycles. The summed E-state index contributed by atoms with van der Waals surface area (Å²) >= 11 is 0. The molecule has 3 heterocycles. The zero-order chi connectivity index (χ0) is 15.7. The smallest absolute Gasteiger partial charge is 0.245 e. The lowest BCUT2D eigenvalue weighted by Crippen LogP contribution is -2.36. The Labute approximate surface area is 128 Å². The second kappa shape index (κ2) is 5.64. The van der Waals surface area contributed by atoms with Crippen molar-refractivity contribution in [1.29, 1.82) is 5.26 Å². The first-order chi connectivity index (χ1) is 10.6. The van der Waals surface area contributed by atoms with Gasteiger partial charge < -0.3 is 9.47 Å². The number of nitrogens with zero attached hydrogens (tertiary/aromatic N) is 6. The number of rotatable bonds is 2. The first kappa shape index (κ1) is 14.3. The van der Waals surface area contributed by atoms with Crippen molar-refractivity contribution in [3.63, 3.8) is 0 Å². The minimum atomic E-state index is -0.285. The fourth-order valence-corrected chi connectivity index (χ4v) is 2.89. The number of fused-ring (bicyclic) bond motifs is 1. The Morgan fingerprint density at radius 1 is 1.45 bits per heavy atom. The molecule has 7 nitrogen and oxygen atoms in total. The molecular weight excluding hydrogens is 280 g/mol. The molecule has 2 aromatic heterocycles. The number of carbonyl (C=O) groups excluding carboxylic acids is 1. The van der Waals surface area contributed by atoms with E-state index >= 15 is 0 Å². The lowest BCUT2D eigenvalue weighted by Gasteiger charge is -2.25. The van der Waals surface area contributed by atoms with Gasteiger partial charge in [-0.3, -0.25) is 9.48 Å². The fourth-order valence-electron chi connectivity index (χ4n) is 2.89. The molecule has 0 aromatic carbocycles. The van der Waals surface area contributed by atoms with E-state index in [1.165, 1.54) is 0 Å². The van der Waals surface area contributed by atoms with Gasteiger partial charge in [0.25, 0.3) is 0 Å². The van der Waals surface area contributed by atoms with Crippen LogP contribution in [0.1, 0.15) is 36.6 Å². The van der Waals surface area contributed by atoms with E-state index in [-0.39, 0.29) is 11.9 Å². The molecule has 3 rings (SSSR count). The predicted octanol–water partition coefficient (Wildman–Crippen LogP) is 1.25. The van der Waals surface area contributed by atoms with Crippen LogP contribution in [-0.2, 0) is 17.9 Å². The fraction of sp³-hybridized carbons (Fsp3) is 0.467. The van der Waals surface area contributed by atoms with E-state index in [2.05, 4.69) is 16.2 Å². The maximum Gasteiger partial charge on any atom is 0.245 e. The van der Waals surface area contributed by atoms with E-state index in [0.29, 0.717) is 18.8 Å². The zero-order valence-electron chi connectivity index (χ0n) is 12.7. The number of carbonyl (C=O) groups is 1. The van der Waals surface area contributed by atoms with Gasteiger partial charge in [0, 0.05) is 25.5 Å². The van der Waals surface area contributed by atoms with Crippen molar-refractivity contribution < 1.29 is 4.79 Å². The van der Waals surface area contributed by atoms with Crippen LogP contribution in [0.4, 0.5) is 0 Å². The van der Waals surface area contributed by atoms with E-state index in [9.17, 15) is 4.79 Å². The maximum absolute atomic E-state index is 12.8. The second-order valence-electron chi connectivity index (χ2n) is 5.53. The Kier molecular flexibility index (Phi) is 3.67. The first-order valence-corrected chi connectivity index (χ1v) is 7.35. The Bertz CT molecular complexity index is 738. The summed E-state index contributed by atoms with van der Waals surface area (Å²) < 4.78 is 3.71. The quantitative estimate of drug-likeness (QED) is 0.836. The standard InChI is InChI=1S/C15H18N6O/c1-11(20-7-4-17-12(20)2)15(22)19-5-3-6-21-14(10-19)8-13(9-16)18-21/h4,7-8,11H,3,5-6,10H2,1-2H3. The highest BCUT2D eigenvalue weighted by molar-refractivity contribution is 5.80. The van der Waals surface area contributed by atoms with Crippen LogP contribution in [0.5, 0.6) is 0 Å². The van der Waals surface area contributed by atoms with Crippen LogP contribution in [0.15, 0.2) is 18.5 Å². The summed E-state index contributed by atoms with van der Waals surface area (Å²) in [6, 6.07) is 3.53. The molecule has 22 heavy (non-hydrogen) atoms. The SMILES string of the molecule is Cc1nccn1C(C)C(=O)N1CCCn2nc(C#N)cc2C1. The van der Waals surface area contributed by atoms with Crippen molar-refractivity contribution in [3.05, 3.63) is 35.7 Å². The van der Waals surface area contributed by atoms with Gasteiger partial charge in [-0.2, -0.15) is 10.4 Å². The highest BCUT2D eigenvalue weighted by atomic mass is 16.2. The molecule has 0 fully saturated rings. The predicted molar refractivity (Wildman–Crippen MR) is 78.7 cm³/mol. The summed E-state index contributed by atoms with van der Waals surface area (Å²) in [5.74, 6) is 0.890. The van der Waals surface area contributed by atoms with Gasteiger partial charge in [-0.1, -0.05) is 0 Å². The summed E-state index contributed by atoms with van der Waals surface area (Å²) in [4.78, 5) is 18.8. The van der Waals surface area contributed by atoms with Crippen LogP contribution in [0.3, 0.4) is 0 Å². The third-order valence-corrected chi connectivity index (χ3v) is 4.08. The van der Waals surface area contributed by atoms with Crippen LogP contribution in [0.2, 0.25) is 0 Å². The molecule has 0 N–H and O–H groups in total. The molecule has 0 spiro atoms. The molecule has 0 aliphatic carbocycles. The van der Waals surface area contributed by atoms with Crippen LogP contribution in [0, 0.1) is 18.3 Å². The largest absolute Gasteiger partial charge is 0.335 e. The molecule has 7 heteroatoms. The first-order valence-electron chi connectivity index (χ1n) is 7.35. The monoisotopic (exact) mass is 298 g/mol. The number of aromatic nitrogens is 4. The average Bonchev–Trinajstić information content (AvgIpc) is 3.06. The molecule has 1 atom stereocenters. The number of amides is 1. The molecular formula is C15H18N6O. The summed E-state index contributed by atoms with van der Waals surface area (Å²) in [7, 11) is 0. The van der Waals surface area contributed by atoms with Gasteiger partial charge in [-0.05, 0) is 26.3 Å². The molecule has 1 amide bonds. The van der Waals surface area contributed by atoms with Gasteiger partial charge >= 0.3 is 0 Å². The number of aryl methyl sites for hydroxylation is 2. The van der Waals surface area contributed by atoms with E-state index in [1.807, 2.05) is 34.2 Å². The van der Waals surface area contributed by atoms with Gasteiger partial charge in [0.05, 0.1) is 12.2 Å². The maximum atomic E-state index is 12.8. The molecule has 1 aliphatic heterocycles. The van der Waals surface area contributed by atoms with Gasteiger partial charge in [-0.15, -0.1) is 0 Å². The number of nitriles is 1. The van der Waals surface area contributed by atoms with Crippen molar-refractivity contribution in [1.82, 2.24) is 24.2 Å². The van der Waals surface area contributed by atoms with E-state index in [1.54, 1.807) is 12.3 Å². The van der Waals surface area contributed by atoms with Gasteiger partial charge in [0.1, 0.15) is 17.9 Å². The summed E-state index contributed by atoms with van der Waals surface area (Å²) in [6.07, 6.45) is 4.37. The number of imidazole rings is 1. The minimum absolute atomic E-state index is 0.0641. The molecule has 1 unspecified atom stereocenters.